The third-order valence-electron chi connectivity index (χ3n) is 5.20. The summed E-state index contributed by atoms with van der Waals surface area (Å²) in [4.78, 5) is 12.5. The van der Waals surface area contributed by atoms with E-state index in [9.17, 15) is 4.79 Å². The molecule has 0 unspecified atom stereocenters. The first-order valence-electron chi connectivity index (χ1n) is 10.9. The van der Waals surface area contributed by atoms with Gasteiger partial charge in [0, 0.05) is 17.1 Å². The number of aromatic nitrogens is 3. The number of thioether (sulfide) groups is 1. The van der Waals surface area contributed by atoms with Crippen molar-refractivity contribution in [3.63, 3.8) is 0 Å². The summed E-state index contributed by atoms with van der Waals surface area (Å²) in [5.74, 6) is 1.46. The molecule has 6 nitrogen and oxygen atoms in total. The maximum absolute atomic E-state index is 12.5. The van der Waals surface area contributed by atoms with Crippen LogP contribution in [-0.4, -0.2) is 20.8 Å². The molecule has 0 fully saturated rings. The maximum Gasteiger partial charge on any atom is 0.319 e. The molecule has 0 aliphatic heterocycles. The largest absolute Gasteiger partial charge is 0.331 e. The fourth-order valence-electron chi connectivity index (χ4n) is 3.39. The van der Waals surface area contributed by atoms with E-state index < -0.39 is 0 Å². The lowest BCUT2D eigenvalue weighted by Gasteiger charge is -2.12. The van der Waals surface area contributed by atoms with Gasteiger partial charge in [-0.25, -0.2) is 4.79 Å². The normalized spacial score (nSPS) is 10.7. The quantitative estimate of drug-likeness (QED) is 0.330. The van der Waals surface area contributed by atoms with Crippen molar-refractivity contribution in [2.45, 2.75) is 37.7 Å². The Labute approximate surface area is 198 Å². The van der Waals surface area contributed by atoms with Gasteiger partial charge in [0.05, 0.1) is 6.54 Å². The van der Waals surface area contributed by atoms with Crippen LogP contribution in [0.1, 0.15) is 29.4 Å². The molecular formula is C26H27N5OS. The minimum atomic E-state index is -0.278. The lowest BCUT2D eigenvalue weighted by molar-refractivity contribution is 0.251. The summed E-state index contributed by atoms with van der Waals surface area (Å²) in [5, 5.41) is 15.4. The van der Waals surface area contributed by atoms with Crippen LogP contribution in [0.3, 0.4) is 0 Å². The second kappa shape index (κ2) is 10.8. The molecule has 0 atom stereocenters. The van der Waals surface area contributed by atoms with E-state index in [1.807, 2.05) is 59.2 Å². The van der Waals surface area contributed by atoms with Gasteiger partial charge in [0.25, 0.3) is 0 Å². The Morgan fingerprint density at radius 1 is 0.939 bits per heavy atom. The Morgan fingerprint density at radius 2 is 1.70 bits per heavy atom. The fourth-order valence-corrected chi connectivity index (χ4v) is 4.31. The van der Waals surface area contributed by atoms with Crippen LogP contribution >= 0.6 is 11.8 Å². The average molecular weight is 458 g/mol. The third kappa shape index (κ3) is 6.02. The summed E-state index contributed by atoms with van der Waals surface area (Å²) < 4.78 is 2.00. The predicted molar refractivity (Wildman–Crippen MR) is 134 cm³/mol. The average Bonchev–Trinajstić information content (AvgIpc) is 3.25. The smallest absolute Gasteiger partial charge is 0.319 e. The summed E-state index contributed by atoms with van der Waals surface area (Å²) in [6.07, 6.45) is 0.917. The molecule has 0 spiro atoms. The summed E-state index contributed by atoms with van der Waals surface area (Å²) in [6, 6.07) is 26.1. The number of aryl methyl sites for hydroxylation is 2. The Hall–Kier alpha value is -3.58. The first-order valence-corrected chi connectivity index (χ1v) is 11.9. The van der Waals surface area contributed by atoms with Crippen LogP contribution in [-0.2, 0) is 18.7 Å². The van der Waals surface area contributed by atoms with Crippen LogP contribution in [0.2, 0.25) is 0 Å². The Bertz CT molecular complexity index is 1210. The van der Waals surface area contributed by atoms with Crippen molar-refractivity contribution in [3.05, 3.63) is 101 Å². The second-order valence-electron chi connectivity index (χ2n) is 7.71. The summed E-state index contributed by atoms with van der Waals surface area (Å²) in [6.45, 7) is 4.40. The highest BCUT2D eigenvalue weighted by molar-refractivity contribution is 7.98. The third-order valence-corrected chi connectivity index (χ3v) is 6.20. The number of nitrogens with zero attached hydrogens (tertiary/aromatic N) is 3. The number of hydrogen-bond donors (Lipinski definition) is 2. The van der Waals surface area contributed by atoms with E-state index in [1.165, 1.54) is 16.7 Å². The lowest BCUT2D eigenvalue weighted by atomic mass is 10.1. The summed E-state index contributed by atoms with van der Waals surface area (Å²) in [7, 11) is 0. The molecule has 3 aromatic carbocycles. The molecule has 4 aromatic rings. The molecule has 2 amide bonds. The molecule has 168 valence electrons. The van der Waals surface area contributed by atoms with Crippen molar-refractivity contribution < 1.29 is 4.79 Å². The fraction of sp³-hybridized carbons (Fsp3) is 0.192. The Kier molecular flexibility index (Phi) is 7.42. The van der Waals surface area contributed by atoms with Crippen LogP contribution in [0.4, 0.5) is 10.5 Å². The van der Waals surface area contributed by atoms with Crippen molar-refractivity contribution >= 4 is 23.5 Å². The van der Waals surface area contributed by atoms with Crippen LogP contribution in [0, 0.1) is 6.92 Å². The van der Waals surface area contributed by atoms with E-state index in [4.69, 9.17) is 0 Å². The van der Waals surface area contributed by atoms with E-state index in [2.05, 4.69) is 58.9 Å². The van der Waals surface area contributed by atoms with E-state index in [1.54, 1.807) is 11.8 Å². The standard InChI is InChI=1S/C26H27N5OS/c1-3-20-10-7-11-22(16-20)28-25(32)27-17-24-29-30-26(33-18-21-8-5-4-6-9-21)31(24)23-14-12-19(2)13-15-23/h4-16H,3,17-18H2,1-2H3,(H2,27,28,32). The summed E-state index contributed by atoms with van der Waals surface area (Å²) in [5.41, 5.74) is 5.31. The number of carbonyl (C=O) groups is 1. The number of carbonyl (C=O) groups excluding carboxylic acids is 1. The van der Waals surface area contributed by atoms with Gasteiger partial charge >= 0.3 is 6.03 Å². The summed E-state index contributed by atoms with van der Waals surface area (Å²) >= 11 is 1.62. The minimum absolute atomic E-state index is 0.256. The van der Waals surface area contributed by atoms with Gasteiger partial charge in [-0.1, -0.05) is 78.8 Å². The number of nitrogens with one attached hydrogen (secondary N) is 2. The van der Waals surface area contributed by atoms with E-state index >= 15 is 0 Å². The molecule has 33 heavy (non-hydrogen) atoms. The van der Waals surface area contributed by atoms with Crippen molar-refractivity contribution in [1.82, 2.24) is 20.1 Å². The lowest BCUT2D eigenvalue weighted by Crippen LogP contribution is -2.29. The topological polar surface area (TPSA) is 71.8 Å². The van der Waals surface area contributed by atoms with E-state index in [0.29, 0.717) is 5.82 Å². The number of urea groups is 1. The SMILES string of the molecule is CCc1cccc(NC(=O)NCc2nnc(SCc3ccccc3)n2-c2ccc(C)cc2)c1. The highest BCUT2D eigenvalue weighted by atomic mass is 32.2. The molecule has 1 heterocycles. The van der Waals surface area contributed by atoms with Gasteiger partial charge in [0.2, 0.25) is 0 Å². The molecule has 0 bridgehead atoms. The van der Waals surface area contributed by atoms with Crippen LogP contribution in [0.25, 0.3) is 5.69 Å². The number of anilines is 1. The predicted octanol–water partition coefficient (Wildman–Crippen LogP) is 5.75. The van der Waals surface area contributed by atoms with Crippen LogP contribution < -0.4 is 10.6 Å². The molecule has 7 heteroatoms. The molecule has 4 rings (SSSR count). The van der Waals surface area contributed by atoms with Gasteiger partial charge in [0.1, 0.15) is 0 Å². The van der Waals surface area contributed by atoms with Crippen molar-refractivity contribution in [3.8, 4) is 5.69 Å². The highest BCUT2D eigenvalue weighted by Gasteiger charge is 2.15. The van der Waals surface area contributed by atoms with Gasteiger partial charge < -0.3 is 10.6 Å². The number of benzene rings is 3. The Balaban J connectivity index is 1.50. The highest BCUT2D eigenvalue weighted by Crippen LogP contribution is 2.25. The zero-order valence-electron chi connectivity index (χ0n) is 18.8. The van der Waals surface area contributed by atoms with Gasteiger partial charge in [-0.05, 0) is 48.7 Å². The minimum Gasteiger partial charge on any atom is -0.331 e. The first-order chi connectivity index (χ1) is 16.1. The molecule has 2 N–H and O–H groups in total. The molecule has 1 aromatic heterocycles. The van der Waals surface area contributed by atoms with Crippen molar-refractivity contribution in [2.75, 3.05) is 5.32 Å². The van der Waals surface area contributed by atoms with E-state index in [0.717, 1.165) is 28.7 Å². The number of rotatable bonds is 8. The van der Waals surface area contributed by atoms with E-state index in [-0.39, 0.29) is 12.6 Å². The van der Waals surface area contributed by atoms with Gasteiger partial charge in [-0.15, -0.1) is 10.2 Å². The van der Waals surface area contributed by atoms with Crippen molar-refractivity contribution in [1.29, 1.82) is 0 Å². The van der Waals surface area contributed by atoms with Gasteiger partial charge in [-0.3, -0.25) is 4.57 Å². The van der Waals surface area contributed by atoms with Gasteiger partial charge in [-0.2, -0.15) is 0 Å². The molecule has 0 saturated heterocycles. The Morgan fingerprint density at radius 3 is 2.45 bits per heavy atom. The number of amides is 2. The van der Waals surface area contributed by atoms with Gasteiger partial charge in [0.15, 0.2) is 11.0 Å². The van der Waals surface area contributed by atoms with Crippen LogP contribution in [0.5, 0.6) is 0 Å². The van der Waals surface area contributed by atoms with Crippen molar-refractivity contribution in [2.24, 2.45) is 0 Å². The first kappa shape index (κ1) is 22.6. The molecule has 0 aliphatic rings. The van der Waals surface area contributed by atoms with Crippen LogP contribution in [0.15, 0.2) is 84.0 Å². The monoisotopic (exact) mass is 457 g/mol. The maximum atomic E-state index is 12.5. The second-order valence-corrected chi connectivity index (χ2v) is 8.65. The number of hydrogen-bond acceptors (Lipinski definition) is 4. The molecule has 0 aliphatic carbocycles. The zero-order valence-corrected chi connectivity index (χ0v) is 19.6. The molecule has 0 saturated carbocycles. The molecular weight excluding hydrogens is 430 g/mol. The zero-order chi connectivity index (χ0) is 23.0. The molecule has 0 radical (unpaired) electrons.